The van der Waals surface area contributed by atoms with Crippen molar-refractivity contribution in [1.29, 1.82) is 0 Å². The largest absolute Gasteiger partial charge is 0.496 e. The predicted octanol–water partition coefficient (Wildman–Crippen LogP) is 5.74. The maximum Gasteiger partial charge on any atom is 0.343 e. The summed E-state index contributed by atoms with van der Waals surface area (Å²) in [6.45, 7) is 6.40. The molecule has 122 valence electrons. The van der Waals surface area contributed by atoms with E-state index in [1.165, 1.54) is 0 Å². The van der Waals surface area contributed by atoms with Gasteiger partial charge in [0.2, 0.25) is 0 Å². The molecule has 0 fully saturated rings. The van der Waals surface area contributed by atoms with Crippen LogP contribution in [0, 0.1) is 0 Å². The highest BCUT2D eigenvalue weighted by molar-refractivity contribution is 9.10. The van der Waals surface area contributed by atoms with Gasteiger partial charge in [-0.1, -0.05) is 26.8 Å². The second kappa shape index (κ2) is 7.05. The third kappa shape index (κ3) is 4.36. The summed E-state index contributed by atoms with van der Waals surface area (Å²) >= 11 is 6.84. The van der Waals surface area contributed by atoms with Crippen LogP contribution in [-0.4, -0.2) is 13.1 Å². The molecule has 0 saturated carbocycles. The Bertz CT molecular complexity index is 734. The van der Waals surface area contributed by atoms with Crippen LogP contribution < -0.4 is 9.47 Å². The first-order valence-electron chi connectivity index (χ1n) is 7.08. The van der Waals surface area contributed by atoms with Gasteiger partial charge in [0.05, 0.1) is 21.6 Å². The van der Waals surface area contributed by atoms with Gasteiger partial charge in [0.15, 0.2) is 0 Å². The van der Waals surface area contributed by atoms with Crippen LogP contribution in [0.3, 0.4) is 0 Å². The summed E-state index contributed by atoms with van der Waals surface area (Å²) in [6, 6.07) is 10.8. The van der Waals surface area contributed by atoms with E-state index < -0.39 is 5.97 Å². The zero-order chi connectivity index (χ0) is 17.2. The Morgan fingerprint density at radius 2 is 1.57 bits per heavy atom. The van der Waals surface area contributed by atoms with Crippen molar-refractivity contribution < 1.29 is 14.3 Å². The van der Waals surface area contributed by atoms with E-state index in [1.54, 1.807) is 31.4 Å². The van der Waals surface area contributed by atoms with Crippen molar-refractivity contribution in [3.8, 4) is 11.5 Å². The Kier molecular flexibility index (Phi) is 5.53. The molecular weight excluding hydrogens is 424 g/mol. The van der Waals surface area contributed by atoms with E-state index in [2.05, 4.69) is 52.6 Å². The van der Waals surface area contributed by atoms with Crippen LogP contribution in [0.15, 0.2) is 45.3 Å². The second-order valence-corrected chi connectivity index (χ2v) is 7.84. The number of methoxy groups -OCH3 is 1. The summed E-state index contributed by atoms with van der Waals surface area (Å²) in [4.78, 5) is 12.3. The van der Waals surface area contributed by atoms with Crippen molar-refractivity contribution >= 4 is 37.8 Å². The number of hydrogen-bond acceptors (Lipinski definition) is 3. The number of esters is 1. The first kappa shape index (κ1) is 18.0. The molecule has 2 aromatic carbocycles. The third-order valence-corrected chi connectivity index (χ3v) is 4.63. The molecule has 23 heavy (non-hydrogen) atoms. The zero-order valence-corrected chi connectivity index (χ0v) is 16.6. The number of hydrogen-bond donors (Lipinski definition) is 0. The van der Waals surface area contributed by atoms with Gasteiger partial charge < -0.3 is 9.47 Å². The van der Waals surface area contributed by atoms with Gasteiger partial charge in [0.25, 0.3) is 0 Å². The fraction of sp³-hybridized carbons (Fsp3) is 0.278. The van der Waals surface area contributed by atoms with Gasteiger partial charge in [-0.15, -0.1) is 0 Å². The molecule has 0 saturated heterocycles. The Morgan fingerprint density at radius 1 is 0.957 bits per heavy atom. The van der Waals surface area contributed by atoms with Crippen LogP contribution in [0.25, 0.3) is 0 Å². The average Bonchev–Trinajstić information content (AvgIpc) is 2.48. The van der Waals surface area contributed by atoms with Crippen LogP contribution in [0.1, 0.15) is 36.7 Å². The minimum Gasteiger partial charge on any atom is -0.496 e. The molecule has 0 radical (unpaired) electrons. The van der Waals surface area contributed by atoms with Gasteiger partial charge in [-0.2, -0.15) is 0 Å². The summed E-state index contributed by atoms with van der Waals surface area (Å²) < 4.78 is 12.1. The molecular formula is C18H18Br2O3. The maximum absolute atomic E-state index is 12.3. The van der Waals surface area contributed by atoms with E-state index in [4.69, 9.17) is 9.47 Å². The molecule has 0 heterocycles. The van der Waals surface area contributed by atoms with Crippen molar-refractivity contribution in [3.05, 3.63) is 56.5 Å². The molecule has 0 aliphatic heterocycles. The normalized spacial score (nSPS) is 11.2. The van der Waals surface area contributed by atoms with Crippen LogP contribution >= 0.6 is 31.9 Å². The van der Waals surface area contributed by atoms with E-state index in [0.29, 0.717) is 21.5 Å². The fourth-order valence-electron chi connectivity index (χ4n) is 2.00. The lowest BCUT2D eigenvalue weighted by Gasteiger charge is -2.20. The standard InChI is InChI=1S/C18H18Br2O3/c1-18(2,3)12-6-8-16(14(20)10-12)23-17(21)11-5-7-15(22-4)13(19)9-11/h5-10H,1-4H3. The molecule has 0 aliphatic rings. The van der Waals surface area contributed by atoms with Gasteiger partial charge in [-0.25, -0.2) is 4.79 Å². The smallest absolute Gasteiger partial charge is 0.343 e. The molecule has 5 heteroatoms. The highest BCUT2D eigenvalue weighted by atomic mass is 79.9. The van der Waals surface area contributed by atoms with Crippen molar-refractivity contribution in [1.82, 2.24) is 0 Å². The minimum absolute atomic E-state index is 0.0336. The molecule has 0 spiro atoms. The molecule has 2 aromatic rings. The number of carbonyl (C=O) groups is 1. The lowest BCUT2D eigenvalue weighted by molar-refractivity contribution is 0.0733. The summed E-state index contributed by atoms with van der Waals surface area (Å²) in [6.07, 6.45) is 0. The van der Waals surface area contributed by atoms with Gasteiger partial charge >= 0.3 is 5.97 Å². The van der Waals surface area contributed by atoms with Crippen molar-refractivity contribution in [2.24, 2.45) is 0 Å². The molecule has 0 unspecified atom stereocenters. The SMILES string of the molecule is COc1ccc(C(=O)Oc2ccc(C(C)(C)C)cc2Br)cc1Br. The summed E-state index contributed by atoms with van der Waals surface area (Å²) in [5.41, 5.74) is 1.65. The topological polar surface area (TPSA) is 35.5 Å². The zero-order valence-electron chi connectivity index (χ0n) is 13.4. The van der Waals surface area contributed by atoms with E-state index in [1.807, 2.05) is 12.1 Å². The number of halogens is 2. The molecule has 0 atom stereocenters. The molecule has 3 nitrogen and oxygen atoms in total. The summed E-state index contributed by atoms with van der Waals surface area (Å²) in [7, 11) is 1.58. The molecule has 2 rings (SSSR count). The van der Waals surface area contributed by atoms with E-state index >= 15 is 0 Å². The molecule has 0 bridgehead atoms. The third-order valence-electron chi connectivity index (χ3n) is 3.39. The van der Waals surface area contributed by atoms with Crippen molar-refractivity contribution in [3.63, 3.8) is 0 Å². The number of ether oxygens (including phenoxy) is 2. The Balaban J connectivity index is 2.22. The van der Waals surface area contributed by atoms with E-state index in [0.717, 1.165) is 10.0 Å². The van der Waals surface area contributed by atoms with E-state index in [9.17, 15) is 4.79 Å². The minimum atomic E-state index is -0.419. The Hall–Kier alpha value is -1.33. The maximum atomic E-state index is 12.3. The monoisotopic (exact) mass is 440 g/mol. The summed E-state index contributed by atoms with van der Waals surface area (Å²) in [5.74, 6) is 0.741. The first-order valence-corrected chi connectivity index (χ1v) is 8.66. The summed E-state index contributed by atoms with van der Waals surface area (Å²) in [5, 5.41) is 0. The fourth-order valence-corrected chi connectivity index (χ4v) is 3.00. The van der Waals surface area contributed by atoms with Crippen LogP contribution in [0.5, 0.6) is 11.5 Å². The predicted molar refractivity (Wildman–Crippen MR) is 98.5 cm³/mol. The van der Waals surface area contributed by atoms with Crippen molar-refractivity contribution in [2.75, 3.05) is 7.11 Å². The average molecular weight is 442 g/mol. The lowest BCUT2D eigenvalue weighted by Crippen LogP contribution is -2.12. The van der Waals surface area contributed by atoms with Gasteiger partial charge in [-0.3, -0.25) is 0 Å². The molecule has 0 amide bonds. The van der Waals surface area contributed by atoms with Crippen molar-refractivity contribution in [2.45, 2.75) is 26.2 Å². The van der Waals surface area contributed by atoms with Gasteiger partial charge in [0, 0.05) is 0 Å². The molecule has 0 aliphatic carbocycles. The lowest BCUT2D eigenvalue weighted by atomic mass is 9.87. The number of benzene rings is 2. The Labute approximate surface area is 153 Å². The first-order chi connectivity index (χ1) is 10.7. The van der Waals surface area contributed by atoms with Crippen LogP contribution in [0.4, 0.5) is 0 Å². The van der Waals surface area contributed by atoms with Crippen LogP contribution in [-0.2, 0) is 5.41 Å². The number of rotatable bonds is 3. The van der Waals surface area contributed by atoms with Gasteiger partial charge in [0.1, 0.15) is 11.5 Å². The highest BCUT2D eigenvalue weighted by Gasteiger charge is 2.17. The molecule has 0 aromatic heterocycles. The Morgan fingerprint density at radius 3 is 2.09 bits per heavy atom. The van der Waals surface area contributed by atoms with E-state index in [-0.39, 0.29) is 5.41 Å². The van der Waals surface area contributed by atoms with Gasteiger partial charge in [-0.05, 0) is 73.2 Å². The molecule has 0 N–H and O–H groups in total. The second-order valence-electron chi connectivity index (χ2n) is 6.13. The van der Waals surface area contributed by atoms with Crippen LogP contribution in [0.2, 0.25) is 0 Å². The highest BCUT2D eigenvalue weighted by Crippen LogP contribution is 2.32. The quantitative estimate of drug-likeness (QED) is 0.450. The number of carbonyl (C=O) groups excluding carboxylic acids is 1.